The Morgan fingerprint density at radius 1 is 1.25 bits per heavy atom. The number of nitrogens with one attached hydrogen (secondary N) is 1. The van der Waals surface area contributed by atoms with Crippen molar-refractivity contribution in [2.75, 3.05) is 5.32 Å². The molecule has 1 N–H and O–H groups in total. The van der Waals surface area contributed by atoms with Gasteiger partial charge in [-0.2, -0.15) is 0 Å². The summed E-state index contributed by atoms with van der Waals surface area (Å²) in [6.45, 7) is 4.33. The van der Waals surface area contributed by atoms with Crippen molar-refractivity contribution in [2.24, 2.45) is 0 Å². The largest absolute Gasteiger partial charge is 0.302 e. The molecule has 1 amide bonds. The Morgan fingerprint density at radius 2 is 2.00 bits per heavy atom. The molecule has 3 aromatic rings. The molecular weight excluding hydrogens is 360 g/mol. The summed E-state index contributed by atoms with van der Waals surface area (Å²) in [7, 11) is 0. The van der Waals surface area contributed by atoms with E-state index in [9.17, 15) is 4.79 Å². The number of carbonyl (C=O) groups is 1. The molecule has 2 aromatic carbocycles. The normalized spacial score (nSPS) is 11.2. The van der Waals surface area contributed by atoms with Crippen LogP contribution in [0, 0.1) is 0 Å². The lowest BCUT2D eigenvalue weighted by Gasteiger charge is -2.06. The number of hydrogen-bond donors (Lipinski definition) is 1. The SMILES string of the molecule is CC(C)Sc1ccc(CC(=O)Nc2nc3ccc(Cl)cc3s2)cc1. The molecule has 0 fully saturated rings. The minimum Gasteiger partial charge on any atom is -0.302 e. The average molecular weight is 377 g/mol. The molecule has 0 aliphatic carbocycles. The van der Waals surface area contributed by atoms with Gasteiger partial charge in [0, 0.05) is 15.2 Å². The number of aromatic nitrogens is 1. The zero-order chi connectivity index (χ0) is 17.1. The molecule has 0 aliphatic heterocycles. The van der Waals surface area contributed by atoms with Crippen LogP contribution in [0.3, 0.4) is 0 Å². The van der Waals surface area contributed by atoms with Crippen LogP contribution in [0.15, 0.2) is 47.4 Å². The van der Waals surface area contributed by atoms with Gasteiger partial charge in [0.25, 0.3) is 0 Å². The monoisotopic (exact) mass is 376 g/mol. The highest BCUT2D eigenvalue weighted by molar-refractivity contribution is 7.99. The molecule has 0 atom stereocenters. The van der Waals surface area contributed by atoms with Gasteiger partial charge in [0.05, 0.1) is 16.6 Å². The Balaban J connectivity index is 1.64. The van der Waals surface area contributed by atoms with E-state index in [0.29, 0.717) is 21.8 Å². The van der Waals surface area contributed by atoms with Crippen molar-refractivity contribution < 1.29 is 4.79 Å². The predicted octanol–water partition coefficient (Wildman–Crippen LogP) is 5.63. The van der Waals surface area contributed by atoms with Gasteiger partial charge in [0.2, 0.25) is 5.91 Å². The van der Waals surface area contributed by atoms with Crippen molar-refractivity contribution in [3.63, 3.8) is 0 Å². The van der Waals surface area contributed by atoms with Crippen molar-refractivity contribution >= 4 is 56.0 Å². The Kier molecular flexibility index (Phi) is 5.43. The first kappa shape index (κ1) is 17.3. The van der Waals surface area contributed by atoms with Gasteiger partial charge in [-0.3, -0.25) is 4.79 Å². The van der Waals surface area contributed by atoms with Gasteiger partial charge in [-0.1, -0.05) is 48.9 Å². The van der Waals surface area contributed by atoms with E-state index < -0.39 is 0 Å². The van der Waals surface area contributed by atoms with Crippen molar-refractivity contribution in [1.82, 2.24) is 4.98 Å². The number of rotatable bonds is 5. The van der Waals surface area contributed by atoms with E-state index in [1.54, 1.807) is 6.07 Å². The van der Waals surface area contributed by atoms with Gasteiger partial charge < -0.3 is 5.32 Å². The van der Waals surface area contributed by atoms with E-state index in [2.05, 4.69) is 36.3 Å². The van der Waals surface area contributed by atoms with Crippen LogP contribution in [-0.2, 0) is 11.2 Å². The lowest BCUT2D eigenvalue weighted by Crippen LogP contribution is -2.14. The highest BCUT2D eigenvalue weighted by Gasteiger charge is 2.09. The van der Waals surface area contributed by atoms with E-state index in [0.717, 1.165) is 15.8 Å². The molecular formula is C18H17ClN2OS2. The van der Waals surface area contributed by atoms with E-state index >= 15 is 0 Å². The number of hydrogen-bond acceptors (Lipinski definition) is 4. The van der Waals surface area contributed by atoms with Crippen LogP contribution < -0.4 is 5.32 Å². The summed E-state index contributed by atoms with van der Waals surface area (Å²) in [6, 6.07) is 13.6. The number of anilines is 1. The summed E-state index contributed by atoms with van der Waals surface area (Å²) in [5.41, 5.74) is 1.83. The lowest BCUT2D eigenvalue weighted by atomic mass is 10.1. The molecule has 0 radical (unpaired) electrons. The van der Waals surface area contributed by atoms with Gasteiger partial charge in [0.15, 0.2) is 5.13 Å². The molecule has 24 heavy (non-hydrogen) atoms. The number of thioether (sulfide) groups is 1. The van der Waals surface area contributed by atoms with E-state index in [4.69, 9.17) is 11.6 Å². The molecule has 0 bridgehead atoms. The molecule has 6 heteroatoms. The number of thiazole rings is 1. The van der Waals surface area contributed by atoms with Crippen LogP contribution in [0.1, 0.15) is 19.4 Å². The standard InChI is InChI=1S/C18H17ClN2OS2/c1-11(2)23-14-6-3-12(4-7-14)9-17(22)21-18-20-15-8-5-13(19)10-16(15)24-18/h3-8,10-11H,9H2,1-2H3,(H,20,21,22). The maximum absolute atomic E-state index is 12.2. The Bertz CT molecular complexity index is 859. The van der Waals surface area contributed by atoms with Gasteiger partial charge in [-0.25, -0.2) is 4.98 Å². The molecule has 124 valence electrons. The van der Waals surface area contributed by atoms with Gasteiger partial charge in [-0.15, -0.1) is 11.8 Å². The van der Waals surface area contributed by atoms with E-state index in [-0.39, 0.29) is 5.91 Å². The smallest absolute Gasteiger partial charge is 0.230 e. The summed E-state index contributed by atoms with van der Waals surface area (Å²) < 4.78 is 0.966. The molecule has 0 saturated carbocycles. The van der Waals surface area contributed by atoms with Crippen molar-refractivity contribution in [1.29, 1.82) is 0 Å². The molecule has 3 rings (SSSR count). The summed E-state index contributed by atoms with van der Waals surface area (Å²) in [5, 5.41) is 4.69. The van der Waals surface area contributed by atoms with Crippen molar-refractivity contribution in [3.8, 4) is 0 Å². The number of halogens is 1. The van der Waals surface area contributed by atoms with Crippen LogP contribution >= 0.6 is 34.7 Å². The quantitative estimate of drug-likeness (QED) is 0.586. The van der Waals surface area contributed by atoms with Gasteiger partial charge in [0.1, 0.15) is 0 Å². The second-order valence-corrected chi connectivity index (χ2v) is 8.78. The first-order valence-corrected chi connectivity index (χ1v) is 9.68. The molecule has 0 saturated heterocycles. The predicted molar refractivity (Wildman–Crippen MR) is 104 cm³/mol. The third-order valence-corrected chi connectivity index (χ3v) is 5.44. The highest BCUT2D eigenvalue weighted by atomic mass is 35.5. The summed E-state index contributed by atoms with van der Waals surface area (Å²) >= 11 is 9.22. The second kappa shape index (κ2) is 7.55. The van der Waals surface area contributed by atoms with Crippen LogP contribution in [0.4, 0.5) is 5.13 Å². The molecule has 3 nitrogen and oxygen atoms in total. The third kappa shape index (κ3) is 4.50. The van der Waals surface area contributed by atoms with Gasteiger partial charge in [-0.05, 0) is 35.9 Å². The summed E-state index contributed by atoms with van der Waals surface area (Å²) in [6.07, 6.45) is 0.337. The third-order valence-electron chi connectivity index (χ3n) is 3.26. The van der Waals surface area contributed by atoms with Crippen LogP contribution in [0.2, 0.25) is 5.02 Å². The topological polar surface area (TPSA) is 42.0 Å². The minimum atomic E-state index is -0.0654. The fraction of sp³-hybridized carbons (Fsp3) is 0.222. The average Bonchev–Trinajstić information content (AvgIpc) is 2.89. The van der Waals surface area contributed by atoms with Gasteiger partial charge >= 0.3 is 0 Å². The fourth-order valence-electron chi connectivity index (χ4n) is 2.26. The van der Waals surface area contributed by atoms with Crippen molar-refractivity contribution in [3.05, 3.63) is 53.1 Å². The number of carbonyl (C=O) groups excluding carboxylic acids is 1. The molecule has 1 aromatic heterocycles. The van der Waals surface area contributed by atoms with E-state index in [1.807, 2.05) is 36.0 Å². The van der Waals surface area contributed by atoms with Crippen LogP contribution in [0.5, 0.6) is 0 Å². The first-order valence-electron chi connectivity index (χ1n) is 7.61. The molecule has 1 heterocycles. The minimum absolute atomic E-state index is 0.0654. The molecule has 0 spiro atoms. The Morgan fingerprint density at radius 3 is 2.71 bits per heavy atom. The zero-order valence-corrected chi connectivity index (χ0v) is 15.8. The lowest BCUT2D eigenvalue weighted by molar-refractivity contribution is -0.115. The number of fused-ring (bicyclic) bond motifs is 1. The summed E-state index contributed by atoms with van der Waals surface area (Å²) in [5.74, 6) is -0.0654. The molecule has 0 aliphatic rings. The number of amides is 1. The Hall–Kier alpha value is -1.56. The molecule has 0 unspecified atom stereocenters. The second-order valence-electron chi connectivity index (χ2n) is 5.67. The van der Waals surface area contributed by atoms with E-state index in [1.165, 1.54) is 16.2 Å². The highest BCUT2D eigenvalue weighted by Crippen LogP contribution is 2.28. The first-order chi connectivity index (χ1) is 11.5. The fourth-order valence-corrected chi connectivity index (χ4v) is 4.25. The number of nitrogens with zero attached hydrogens (tertiary/aromatic N) is 1. The number of benzene rings is 2. The van der Waals surface area contributed by atoms with Crippen LogP contribution in [0.25, 0.3) is 10.2 Å². The maximum Gasteiger partial charge on any atom is 0.230 e. The van der Waals surface area contributed by atoms with Crippen LogP contribution in [-0.4, -0.2) is 16.1 Å². The summed E-state index contributed by atoms with van der Waals surface area (Å²) in [4.78, 5) is 17.8. The van der Waals surface area contributed by atoms with Crippen molar-refractivity contribution in [2.45, 2.75) is 30.4 Å². The zero-order valence-electron chi connectivity index (χ0n) is 13.4. The maximum atomic E-state index is 12.2. The Labute approximate surface area is 154 Å².